The molecule has 4 heteroatoms. The zero-order chi connectivity index (χ0) is 18.8. The Balaban J connectivity index is 1.54. The molecule has 1 unspecified atom stereocenters. The van der Waals surface area contributed by atoms with Gasteiger partial charge < -0.3 is 9.80 Å². The third-order valence-electron chi connectivity index (χ3n) is 5.91. The Bertz CT molecular complexity index is 823. The van der Waals surface area contributed by atoms with Gasteiger partial charge in [0, 0.05) is 25.0 Å². The van der Waals surface area contributed by atoms with Gasteiger partial charge in [-0.1, -0.05) is 35.9 Å². The molecule has 2 heterocycles. The molecule has 0 radical (unpaired) electrons. The van der Waals surface area contributed by atoms with E-state index >= 15 is 0 Å². The highest BCUT2D eigenvalue weighted by Gasteiger charge is 2.43. The van der Waals surface area contributed by atoms with Crippen LogP contribution in [0.1, 0.15) is 30.9 Å². The van der Waals surface area contributed by atoms with Crippen molar-refractivity contribution in [3.63, 3.8) is 0 Å². The molecule has 140 valence electrons. The van der Waals surface area contributed by atoms with E-state index in [-0.39, 0.29) is 11.8 Å². The van der Waals surface area contributed by atoms with Crippen LogP contribution in [0.5, 0.6) is 0 Å². The molecule has 0 spiro atoms. The molecular weight excluding hydrogens is 334 g/mol. The van der Waals surface area contributed by atoms with Crippen molar-refractivity contribution in [1.29, 1.82) is 0 Å². The average Bonchev–Trinajstić information content (AvgIpc) is 3.39. The summed E-state index contributed by atoms with van der Waals surface area (Å²) in [6.07, 6.45) is 5.70. The number of benzene rings is 1. The molecule has 1 saturated heterocycles. The molecule has 0 bridgehead atoms. The molecule has 1 aliphatic heterocycles. The topological polar surface area (TPSA) is 36.4 Å². The number of hydrogen-bond donors (Lipinski definition) is 0. The fraction of sp³-hybridized carbons (Fsp3) is 0.391. The number of nitrogens with zero attached hydrogens (tertiary/aromatic N) is 3. The minimum absolute atomic E-state index is 0.0473. The van der Waals surface area contributed by atoms with Crippen LogP contribution in [0.4, 0.5) is 0 Å². The molecule has 1 aromatic carbocycles. The van der Waals surface area contributed by atoms with E-state index in [4.69, 9.17) is 0 Å². The third kappa shape index (κ3) is 3.81. The summed E-state index contributed by atoms with van der Waals surface area (Å²) in [7, 11) is 2.16. The van der Waals surface area contributed by atoms with E-state index in [2.05, 4.69) is 40.9 Å². The standard InChI is InChI=1S/C23H27N3O/c1-17-21(19-6-4-3-5-7-19)22(17)23(27)26(16-18-8-12-24-13-9-18)20-10-14-25(2)15-11-20/h3-9,12-13,20,22H,10-11,14-16H2,1-2H3. The maximum absolute atomic E-state index is 13.5. The van der Waals surface area contributed by atoms with Crippen molar-refractivity contribution >= 4 is 11.5 Å². The van der Waals surface area contributed by atoms with Crippen molar-refractivity contribution in [1.82, 2.24) is 14.8 Å². The van der Waals surface area contributed by atoms with E-state index in [1.807, 2.05) is 42.7 Å². The monoisotopic (exact) mass is 361 g/mol. The van der Waals surface area contributed by atoms with Gasteiger partial charge in [-0.3, -0.25) is 9.78 Å². The maximum Gasteiger partial charge on any atom is 0.234 e. The van der Waals surface area contributed by atoms with Crippen LogP contribution in [-0.4, -0.2) is 46.9 Å². The van der Waals surface area contributed by atoms with Crippen LogP contribution in [-0.2, 0) is 11.3 Å². The van der Waals surface area contributed by atoms with Gasteiger partial charge in [0.1, 0.15) is 0 Å². The number of carbonyl (C=O) groups is 1. The Labute approximate surface area is 161 Å². The molecule has 4 rings (SSSR count). The van der Waals surface area contributed by atoms with Gasteiger partial charge in [0.25, 0.3) is 0 Å². The van der Waals surface area contributed by atoms with Crippen LogP contribution in [0.15, 0.2) is 60.4 Å². The highest BCUT2D eigenvalue weighted by Crippen LogP contribution is 2.48. The second-order valence-corrected chi connectivity index (χ2v) is 7.75. The van der Waals surface area contributed by atoms with Crippen LogP contribution in [0.25, 0.3) is 5.57 Å². The number of likely N-dealkylation sites (tertiary alicyclic amines) is 1. The smallest absolute Gasteiger partial charge is 0.234 e. The lowest BCUT2D eigenvalue weighted by Crippen LogP contribution is -2.47. The van der Waals surface area contributed by atoms with Gasteiger partial charge in [-0.05, 0) is 68.7 Å². The van der Waals surface area contributed by atoms with Gasteiger partial charge >= 0.3 is 0 Å². The summed E-state index contributed by atoms with van der Waals surface area (Å²) in [6.45, 7) is 4.87. The Morgan fingerprint density at radius 2 is 1.78 bits per heavy atom. The van der Waals surface area contributed by atoms with Gasteiger partial charge in [0.05, 0.1) is 5.92 Å². The molecule has 1 atom stereocenters. The van der Waals surface area contributed by atoms with Crippen molar-refractivity contribution in [2.45, 2.75) is 32.4 Å². The Morgan fingerprint density at radius 1 is 1.11 bits per heavy atom. The summed E-state index contributed by atoms with van der Waals surface area (Å²) in [4.78, 5) is 22.1. The van der Waals surface area contributed by atoms with Gasteiger partial charge in [-0.25, -0.2) is 0 Å². The molecule has 0 saturated carbocycles. The van der Waals surface area contributed by atoms with E-state index in [0.717, 1.165) is 31.5 Å². The van der Waals surface area contributed by atoms with Gasteiger partial charge in [0.2, 0.25) is 5.91 Å². The van der Waals surface area contributed by atoms with E-state index in [1.165, 1.54) is 16.7 Å². The van der Waals surface area contributed by atoms with Crippen LogP contribution < -0.4 is 0 Å². The van der Waals surface area contributed by atoms with Crippen molar-refractivity contribution in [2.75, 3.05) is 20.1 Å². The Hall–Kier alpha value is -2.46. The highest BCUT2D eigenvalue weighted by atomic mass is 16.2. The molecule has 27 heavy (non-hydrogen) atoms. The first-order chi connectivity index (χ1) is 13.1. The predicted octanol–water partition coefficient (Wildman–Crippen LogP) is 3.61. The molecule has 2 aliphatic rings. The van der Waals surface area contributed by atoms with Gasteiger partial charge in [-0.15, -0.1) is 0 Å². The minimum atomic E-state index is -0.0473. The normalized spacial score (nSPS) is 20.6. The fourth-order valence-electron chi connectivity index (χ4n) is 4.20. The zero-order valence-corrected chi connectivity index (χ0v) is 16.1. The number of piperidine rings is 1. The van der Waals surface area contributed by atoms with Crippen molar-refractivity contribution in [2.24, 2.45) is 5.92 Å². The molecule has 4 nitrogen and oxygen atoms in total. The molecule has 1 aromatic heterocycles. The second-order valence-electron chi connectivity index (χ2n) is 7.75. The fourth-order valence-corrected chi connectivity index (χ4v) is 4.20. The quantitative estimate of drug-likeness (QED) is 0.816. The number of hydrogen-bond acceptors (Lipinski definition) is 3. The first-order valence-corrected chi connectivity index (χ1v) is 9.79. The first kappa shape index (κ1) is 17.9. The summed E-state index contributed by atoms with van der Waals surface area (Å²) in [5.41, 5.74) is 4.77. The van der Waals surface area contributed by atoms with E-state index in [0.29, 0.717) is 12.6 Å². The average molecular weight is 361 g/mol. The predicted molar refractivity (Wildman–Crippen MR) is 108 cm³/mol. The second kappa shape index (κ2) is 7.65. The van der Waals surface area contributed by atoms with Crippen LogP contribution in [0.2, 0.25) is 0 Å². The number of rotatable bonds is 5. The summed E-state index contributed by atoms with van der Waals surface area (Å²) in [5.74, 6) is 0.214. The lowest BCUT2D eigenvalue weighted by atomic mass is 10.0. The van der Waals surface area contributed by atoms with E-state index < -0.39 is 0 Å². The molecule has 2 aromatic rings. The largest absolute Gasteiger partial charge is 0.334 e. The molecule has 1 amide bonds. The van der Waals surface area contributed by atoms with E-state index in [9.17, 15) is 4.79 Å². The number of carbonyl (C=O) groups excluding carboxylic acids is 1. The summed E-state index contributed by atoms with van der Waals surface area (Å²) in [6, 6.07) is 14.7. The molecule has 1 fully saturated rings. The lowest BCUT2D eigenvalue weighted by Gasteiger charge is -2.38. The minimum Gasteiger partial charge on any atom is -0.334 e. The zero-order valence-electron chi connectivity index (χ0n) is 16.1. The van der Waals surface area contributed by atoms with Gasteiger partial charge in [-0.2, -0.15) is 0 Å². The van der Waals surface area contributed by atoms with Gasteiger partial charge in [0.15, 0.2) is 0 Å². The van der Waals surface area contributed by atoms with Crippen LogP contribution in [0.3, 0.4) is 0 Å². The molecule has 0 N–H and O–H groups in total. The summed E-state index contributed by atoms with van der Waals surface area (Å²) in [5, 5.41) is 0. The SMILES string of the molecule is CC1=C(c2ccccc2)C1C(=O)N(Cc1ccncc1)C1CCN(C)CC1. The number of aromatic nitrogens is 1. The lowest BCUT2D eigenvalue weighted by molar-refractivity contribution is -0.135. The van der Waals surface area contributed by atoms with Crippen molar-refractivity contribution in [3.8, 4) is 0 Å². The van der Waals surface area contributed by atoms with Crippen molar-refractivity contribution in [3.05, 3.63) is 71.6 Å². The Kier molecular flexibility index (Phi) is 5.08. The van der Waals surface area contributed by atoms with Crippen LogP contribution in [0, 0.1) is 5.92 Å². The molecule has 1 aliphatic carbocycles. The first-order valence-electron chi connectivity index (χ1n) is 9.79. The maximum atomic E-state index is 13.5. The van der Waals surface area contributed by atoms with Crippen LogP contribution >= 0.6 is 0 Å². The summed E-state index contributed by atoms with van der Waals surface area (Å²) >= 11 is 0. The molecular formula is C23H27N3O. The summed E-state index contributed by atoms with van der Waals surface area (Å²) < 4.78 is 0. The highest BCUT2D eigenvalue weighted by molar-refractivity contribution is 6.06. The van der Waals surface area contributed by atoms with E-state index in [1.54, 1.807) is 0 Å². The third-order valence-corrected chi connectivity index (χ3v) is 5.91. The Morgan fingerprint density at radius 3 is 2.44 bits per heavy atom. The number of pyridine rings is 1. The number of amides is 1. The van der Waals surface area contributed by atoms with Crippen molar-refractivity contribution < 1.29 is 4.79 Å².